The Bertz CT molecular complexity index is 624. The third-order valence-electron chi connectivity index (χ3n) is 3.27. The van der Waals surface area contributed by atoms with E-state index in [1.807, 2.05) is 0 Å². The van der Waals surface area contributed by atoms with E-state index in [1.165, 1.54) is 0 Å². The Morgan fingerprint density at radius 1 is 1.35 bits per heavy atom. The maximum absolute atomic E-state index is 12.2. The predicted octanol–water partition coefficient (Wildman–Crippen LogP) is 4.06. The first-order valence-electron chi connectivity index (χ1n) is 6.45. The van der Waals surface area contributed by atoms with Crippen LogP contribution in [0.2, 0.25) is 5.02 Å². The summed E-state index contributed by atoms with van der Waals surface area (Å²) in [5.41, 5.74) is 5.63. The number of amides is 1. The molecule has 0 heterocycles. The van der Waals surface area contributed by atoms with E-state index in [1.54, 1.807) is 36.4 Å². The Hall–Kier alpha value is -2.02. The van der Waals surface area contributed by atoms with Gasteiger partial charge in [0.05, 0.1) is 16.6 Å². The minimum absolute atomic E-state index is 0.0834. The van der Waals surface area contributed by atoms with Gasteiger partial charge >= 0.3 is 0 Å². The summed E-state index contributed by atoms with van der Waals surface area (Å²) in [6.45, 7) is 7.52. The maximum atomic E-state index is 12.2. The fourth-order valence-electron chi connectivity index (χ4n) is 2.17. The average Bonchev–Trinajstić information content (AvgIpc) is 2.48. The molecule has 0 spiro atoms. The van der Waals surface area contributed by atoms with Crippen molar-refractivity contribution < 1.29 is 4.79 Å². The lowest BCUT2D eigenvalue weighted by atomic mass is 9.93. The van der Waals surface area contributed by atoms with Crippen molar-refractivity contribution in [1.82, 2.24) is 5.32 Å². The first kappa shape index (κ1) is 14.4. The highest BCUT2D eigenvalue weighted by Gasteiger charge is 2.20. The van der Waals surface area contributed by atoms with E-state index in [0.29, 0.717) is 10.6 Å². The molecule has 1 N–H and O–H groups in total. The minimum atomic E-state index is -0.177. The van der Waals surface area contributed by atoms with Crippen LogP contribution in [-0.4, -0.2) is 11.9 Å². The molecule has 3 heteroatoms. The number of benzene rings is 1. The summed E-state index contributed by atoms with van der Waals surface area (Å²) < 4.78 is 0. The van der Waals surface area contributed by atoms with Crippen molar-refractivity contribution in [3.63, 3.8) is 0 Å². The second-order valence-corrected chi connectivity index (χ2v) is 4.97. The van der Waals surface area contributed by atoms with Gasteiger partial charge in [-0.2, -0.15) is 0 Å². The normalized spacial score (nSPS) is 17.8. The third kappa shape index (κ3) is 3.11. The topological polar surface area (TPSA) is 29.1 Å². The first-order chi connectivity index (χ1) is 9.65. The molecule has 1 amide bonds. The average molecular weight is 286 g/mol. The molecule has 1 unspecified atom stereocenters. The highest BCUT2D eigenvalue weighted by Crippen LogP contribution is 2.21. The highest BCUT2D eigenvalue weighted by atomic mass is 35.5. The Morgan fingerprint density at radius 2 is 2.10 bits per heavy atom. The quantitative estimate of drug-likeness (QED) is 0.831. The van der Waals surface area contributed by atoms with E-state index in [9.17, 15) is 4.79 Å². The molecule has 0 bridgehead atoms. The van der Waals surface area contributed by atoms with Crippen molar-refractivity contribution in [2.45, 2.75) is 18.9 Å². The summed E-state index contributed by atoms with van der Waals surface area (Å²) in [5.74, 6) is -0.177. The summed E-state index contributed by atoms with van der Waals surface area (Å²) in [7, 11) is 0. The van der Waals surface area contributed by atoms with Crippen LogP contribution in [0.15, 0.2) is 66.5 Å². The second kappa shape index (κ2) is 6.42. The van der Waals surface area contributed by atoms with Crippen LogP contribution < -0.4 is 5.32 Å². The van der Waals surface area contributed by atoms with E-state index < -0.39 is 0 Å². The Balaban J connectivity index is 2.21. The van der Waals surface area contributed by atoms with Crippen LogP contribution in [0.25, 0.3) is 0 Å². The largest absolute Gasteiger partial charge is 0.345 e. The second-order valence-electron chi connectivity index (χ2n) is 4.56. The van der Waals surface area contributed by atoms with Gasteiger partial charge in [-0.05, 0) is 30.5 Å². The molecule has 102 valence electrons. The summed E-state index contributed by atoms with van der Waals surface area (Å²) in [5, 5.41) is 3.43. The molecule has 2 rings (SSSR count). The van der Waals surface area contributed by atoms with Crippen LogP contribution in [0, 0.1) is 0 Å². The molecule has 0 aromatic heterocycles. The lowest BCUT2D eigenvalue weighted by Crippen LogP contribution is -2.36. The minimum Gasteiger partial charge on any atom is -0.345 e. The van der Waals surface area contributed by atoms with Gasteiger partial charge in [-0.3, -0.25) is 4.79 Å². The zero-order valence-electron chi connectivity index (χ0n) is 11.2. The van der Waals surface area contributed by atoms with Crippen LogP contribution in [0.5, 0.6) is 0 Å². The molecular formula is C17H16ClNO. The fourth-order valence-corrected chi connectivity index (χ4v) is 2.39. The van der Waals surface area contributed by atoms with Crippen LogP contribution >= 0.6 is 11.6 Å². The standard InChI is InChI=1S/C17H16ClNO/c1-3-12-9-10-16(13(4-2)11-12)19-17(20)14-7-5-6-8-15(14)18/h3-8,16H,1-2,9-10H2,(H,19,20). The SMILES string of the molecule is C=CC1=C=C(C=C)C(NC(=O)c2ccccc2Cl)CC1. The predicted molar refractivity (Wildman–Crippen MR) is 82.9 cm³/mol. The van der Waals surface area contributed by atoms with Gasteiger partial charge in [-0.15, -0.1) is 5.73 Å². The van der Waals surface area contributed by atoms with Crippen molar-refractivity contribution in [3.05, 3.63) is 77.0 Å². The fraction of sp³-hybridized carbons (Fsp3) is 0.176. The summed E-state index contributed by atoms with van der Waals surface area (Å²) in [4.78, 5) is 12.2. The number of carbonyl (C=O) groups is 1. The first-order valence-corrected chi connectivity index (χ1v) is 6.83. The van der Waals surface area contributed by atoms with Crippen molar-refractivity contribution in [1.29, 1.82) is 0 Å². The number of rotatable bonds is 4. The van der Waals surface area contributed by atoms with Crippen molar-refractivity contribution >= 4 is 17.5 Å². The van der Waals surface area contributed by atoms with E-state index in [0.717, 1.165) is 24.0 Å². The van der Waals surface area contributed by atoms with E-state index >= 15 is 0 Å². The smallest absolute Gasteiger partial charge is 0.253 e. The molecule has 20 heavy (non-hydrogen) atoms. The number of allylic oxidation sites excluding steroid dienone is 1. The van der Waals surface area contributed by atoms with Gasteiger partial charge in [0.25, 0.3) is 5.91 Å². The Labute approximate surface area is 124 Å². The van der Waals surface area contributed by atoms with Gasteiger partial charge in [0, 0.05) is 5.57 Å². The molecular weight excluding hydrogens is 270 g/mol. The monoisotopic (exact) mass is 285 g/mol. The Kier molecular flexibility index (Phi) is 4.62. The Morgan fingerprint density at radius 3 is 2.75 bits per heavy atom. The van der Waals surface area contributed by atoms with Crippen molar-refractivity contribution in [2.75, 3.05) is 0 Å². The van der Waals surface area contributed by atoms with E-state index in [-0.39, 0.29) is 11.9 Å². The molecule has 1 atom stereocenters. The van der Waals surface area contributed by atoms with Gasteiger partial charge in [-0.1, -0.05) is 49.0 Å². The van der Waals surface area contributed by atoms with Gasteiger partial charge < -0.3 is 5.32 Å². The summed E-state index contributed by atoms with van der Waals surface area (Å²) in [6.07, 6.45) is 5.16. The lowest BCUT2D eigenvalue weighted by Gasteiger charge is -2.22. The molecule has 0 saturated heterocycles. The molecule has 0 aliphatic heterocycles. The molecule has 0 fully saturated rings. The number of hydrogen-bond donors (Lipinski definition) is 1. The molecule has 0 saturated carbocycles. The van der Waals surface area contributed by atoms with Gasteiger partial charge in [0.15, 0.2) is 0 Å². The third-order valence-corrected chi connectivity index (χ3v) is 3.60. The molecule has 0 radical (unpaired) electrons. The van der Waals surface area contributed by atoms with Crippen LogP contribution in [0.1, 0.15) is 23.2 Å². The van der Waals surface area contributed by atoms with Gasteiger partial charge in [0.1, 0.15) is 0 Å². The molecule has 1 aliphatic carbocycles. The molecule has 1 aromatic rings. The lowest BCUT2D eigenvalue weighted by molar-refractivity contribution is 0.0941. The number of carbonyl (C=O) groups excluding carboxylic acids is 1. The van der Waals surface area contributed by atoms with Gasteiger partial charge in [0.2, 0.25) is 0 Å². The number of halogens is 1. The van der Waals surface area contributed by atoms with Gasteiger partial charge in [-0.25, -0.2) is 0 Å². The van der Waals surface area contributed by atoms with Crippen LogP contribution in [-0.2, 0) is 0 Å². The maximum Gasteiger partial charge on any atom is 0.253 e. The molecule has 1 aliphatic rings. The van der Waals surface area contributed by atoms with Crippen LogP contribution in [0.4, 0.5) is 0 Å². The molecule has 1 aromatic carbocycles. The number of nitrogens with one attached hydrogen (secondary N) is 1. The molecule has 2 nitrogen and oxygen atoms in total. The van der Waals surface area contributed by atoms with Crippen molar-refractivity contribution in [3.8, 4) is 0 Å². The van der Waals surface area contributed by atoms with E-state index in [4.69, 9.17) is 11.6 Å². The summed E-state index contributed by atoms with van der Waals surface area (Å²) >= 11 is 6.03. The van der Waals surface area contributed by atoms with Crippen molar-refractivity contribution in [2.24, 2.45) is 0 Å². The summed E-state index contributed by atoms with van der Waals surface area (Å²) in [6, 6.07) is 6.93. The van der Waals surface area contributed by atoms with E-state index in [2.05, 4.69) is 24.2 Å². The van der Waals surface area contributed by atoms with Crippen LogP contribution in [0.3, 0.4) is 0 Å². The highest BCUT2D eigenvalue weighted by molar-refractivity contribution is 6.33. The number of hydrogen-bond acceptors (Lipinski definition) is 1. The zero-order valence-corrected chi connectivity index (χ0v) is 11.9. The zero-order chi connectivity index (χ0) is 14.5.